The Morgan fingerprint density at radius 1 is 1.27 bits per heavy atom. The van der Waals surface area contributed by atoms with Crippen LogP contribution in [0.25, 0.3) is 6.08 Å². The normalized spacial score (nSPS) is 16.2. The van der Waals surface area contributed by atoms with Crippen LogP contribution in [0.5, 0.6) is 11.5 Å². The van der Waals surface area contributed by atoms with Crippen LogP contribution >= 0.6 is 11.6 Å². The summed E-state index contributed by atoms with van der Waals surface area (Å²) in [4.78, 5) is 28.7. The van der Waals surface area contributed by atoms with E-state index in [9.17, 15) is 9.59 Å². The second-order valence-corrected chi connectivity index (χ2v) is 7.28. The molecule has 3 rings (SSSR count). The van der Waals surface area contributed by atoms with E-state index in [1.54, 1.807) is 37.3 Å². The van der Waals surface area contributed by atoms with Crippen LogP contribution in [0.4, 0.5) is 5.69 Å². The minimum absolute atomic E-state index is 0.129. The monoisotopic (exact) mass is 428 g/mol. The fourth-order valence-electron chi connectivity index (χ4n) is 3.44. The predicted molar refractivity (Wildman–Crippen MR) is 118 cm³/mol. The molecule has 1 fully saturated rings. The van der Waals surface area contributed by atoms with Crippen LogP contribution in [0, 0.1) is 0 Å². The van der Waals surface area contributed by atoms with Crippen LogP contribution in [-0.2, 0) is 9.59 Å². The molecule has 0 bridgehead atoms. The molecule has 6 nitrogen and oxygen atoms in total. The second kappa shape index (κ2) is 9.67. The van der Waals surface area contributed by atoms with Gasteiger partial charge in [-0.15, -0.1) is 0 Å². The molecule has 2 amide bonds. The zero-order valence-electron chi connectivity index (χ0n) is 17.3. The number of halogens is 1. The smallest absolute Gasteiger partial charge is 0.249 e. The first-order valence-electron chi connectivity index (χ1n) is 9.77. The van der Waals surface area contributed by atoms with Crippen molar-refractivity contribution in [3.63, 3.8) is 0 Å². The van der Waals surface area contributed by atoms with Crippen molar-refractivity contribution in [3.8, 4) is 11.5 Å². The van der Waals surface area contributed by atoms with Crippen molar-refractivity contribution >= 4 is 35.2 Å². The van der Waals surface area contributed by atoms with Gasteiger partial charge >= 0.3 is 0 Å². The van der Waals surface area contributed by atoms with Crippen molar-refractivity contribution in [1.29, 1.82) is 0 Å². The Morgan fingerprint density at radius 2 is 2.03 bits per heavy atom. The van der Waals surface area contributed by atoms with Crippen LogP contribution < -0.4 is 14.4 Å². The van der Waals surface area contributed by atoms with E-state index in [0.29, 0.717) is 41.8 Å². The standard InChI is InChI=1S/C23H25ClN2O4/c1-4-30-21-15-16(9-11-20(21)29-3)10-12-22(27)25(2)19-13-14-26(23(19)28)18-8-6-5-7-17(18)24/h5-12,15,19H,4,13-14H2,1-3H3. The molecular formula is C23H25ClN2O4. The Hall–Kier alpha value is -2.99. The van der Waals surface area contributed by atoms with Crippen LogP contribution in [0.15, 0.2) is 48.5 Å². The van der Waals surface area contributed by atoms with Gasteiger partial charge in [0.05, 0.1) is 24.4 Å². The summed E-state index contributed by atoms with van der Waals surface area (Å²) in [5, 5.41) is 0.519. The van der Waals surface area contributed by atoms with Gasteiger partial charge in [-0.25, -0.2) is 0 Å². The van der Waals surface area contributed by atoms with E-state index >= 15 is 0 Å². The van der Waals surface area contributed by atoms with Crippen molar-refractivity contribution in [1.82, 2.24) is 4.90 Å². The molecule has 1 aliphatic heterocycles. The minimum atomic E-state index is -0.520. The maximum absolute atomic E-state index is 12.9. The van der Waals surface area contributed by atoms with E-state index in [4.69, 9.17) is 21.1 Å². The minimum Gasteiger partial charge on any atom is -0.493 e. The molecular weight excluding hydrogens is 404 g/mol. The molecule has 1 aliphatic rings. The van der Waals surface area contributed by atoms with Crippen molar-refractivity contribution < 1.29 is 19.1 Å². The van der Waals surface area contributed by atoms with E-state index in [1.807, 2.05) is 37.3 Å². The molecule has 2 aromatic carbocycles. The van der Waals surface area contributed by atoms with Gasteiger partial charge in [0.1, 0.15) is 6.04 Å². The van der Waals surface area contributed by atoms with Gasteiger partial charge < -0.3 is 19.3 Å². The molecule has 30 heavy (non-hydrogen) atoms. The summed E-state index contributed by atoms with van der Waals surface area (Å²) >= 11 is 6.23. The summed E-state index contributed by atoms with van der Waals surface area (Å²) in [7, 11) is 3.22. The number of carbonyl (C=O) groups is 2. The number of ether oxygens (including phenoxy) is 2. The highest BCUT2D eigenvalue weighted by molar-refractivity contribution is 6.34. The zero-order chi connectivity index (χ0) is 21.7. The van der Waals surface area contributed by atoms with Gasteiger partial charge in [-0.2, -0.15) is 0 Å². The van der Waals surface area contributed by atoms with Crippen molar-refractivity contribution in [2.75, 3.05) is 32.2 Å². The van der Waals surface area contributed by atoms with Crippen molar-refractivity contribution in [3.05, 3.63) is 59.1 Å². The van der Waals surface area contributed by atoms with Crippen LogP contribution in [-0.4, -0.2) is 50.1 Å². The lowest BCUT2D eigenvalue weighted by atomic mass is 10.1. The van der Waals surface area contributed by atoms with E-state index in [0.717, 1.165) is 5.56 Å². The van der Waals surface area contributed by atoms with Crippen molar-refractivity contribution in [2.24, 2.45) is 0 Å². The Morgan fingerprint density at radius 3 is 2.73 bits per heavy atom. The molecule has 1 atom stereocenters. The lowest BCUT2D eigenvalue weighted by Gasteiger charge is -2.23. The molecule has 1 unspecified atom stereocenters. The molecule has 7 heteroatoms. The molecule has 1 saturated heterocycles. The van der Waals surface area contributed by atoms with E-state index < -0.39 is 6.04 Å². The number of likely N-dealkylation sites (N-methyl/N-ethyl adjacent to an activating group) is 1. The predicted octanol–water partition coefficient (Wildman–Crippen LogP) is 4.02. The third-order valence-corrected chi connectivity index (χ3v) is 5.36. The van der Waals surface area contributed by atoms with Crippen LogP contribution in [0.2, 0.25) is 5.02 Å². The number of hydrogen-bond acceptors (Lipinski definition) is 4. The average molecular weight is 429 g/mol. The number of amides is 2. The quantitative estimate of drug-likeness (QED) is 0.625. The molecule has 2 aromatic rings. The van der Waals surface area contributed by atoms with Gasteiger partial charge in [-0.3, -0.25) is 9.59 Å². The van der Waals surface area contributed by atoms with Crippen LogP contribution in [0.3, 0.4) is 0 Å². The molecule has 1 heterocycles. The number of para-hydroxylation sites is 1. The molecule has 158 valence electrons. The van der Waals surface area contributed by atoms with Gasteiger partial charge in [-0.05, 0) is 49.2 Å². The highest BCUT2D eigenvalue weighted by Gasteiger charge is 2.37. The number of hydrogen-bond donors (Lipinski definition) is 0. The topological polar surface area (TPSA) is 59.1 Å². The maximum atomic E-state index is 12.9. The summed E-state index contributed by atoms with van der Waals surface area (Å²) in [5.41, 5.74) is 1.47. The van der Waals surface area contributed by atoms with Gasteiger partial charge in [0, 0.05) is 19.7 Å². The summed E-state index contributed by atoms with van der Waals surface area (Å²) in [5.74, 6) is 0.872. The third kappa shape index (κ3) is 4.60. The largest absolute Gasteiger partial charge is 0.493 e. The molecule has 0 spiro atoms. The summed E-state index contributed by atoms with van der Waals surface area (Å²) in [6, 6.07) is 12.1. The Bertz CT molecular complexity index is 960. The molecule has 0 N–H and O–H groups in total. The summed E-state index contributed by atoms with van der Waals surface area (Å²) < 4.78 is 10.8. The lowest BCUT2D eigenvalue weighted by Crippen LogP contribution is -2.42. The average Bonchev–Trinajstić information content (AvgIpc) is 3.13. The number of benzene rings is 2. The Balaban J connectivity index is 1.70. The molecule has 0 saturated carbocycles. The van der Waals surface area contributed by atoms with E-state index in [2.05, 4.69) is 0 Å². The van der Waals surface area contributed by atoms with Crippen LogP contribution in [0.1, 0.15) is 18.9 Å². The SMILES string of the molecule is CCOc1cc(C=CC(=O)N(C)C2CCN(c3ccccc3Cl)C2=O)ccc1OC. The third-order valence-electron chi connectivity index (χ3n) is 5.04. The first kappa shape index (κ1) is 21.7. The Kier molecular flexibility index (Phi) is 7.00. The second-order valence-electron chi connectivity index (χ2n) is 6.87. The number of methoxy groups -OCH3 is 1. The molecule has 0 aromatic heterocycles. The number of rotatable bonds is 7. The summed E-state index contributed by atoms with van der Waals surface area (Å²) in [6.45, 7) is 2.92. The number of anilines is 1. The van der Waals surface area contributed by atoms with E-state index in [1.165, 1.54) is 11.0 Å². The molecule has 0 radical (unpaired) electrons. The Labute approximate surface area is 181 Å². The first-order valence-corrected chi connectivity index (χ1v) is 10.2. The maximum Gasteiger partial charge on any atom is 0.249 e. The van der Waals surface area contributed by atoms with Gasteiger partial charge in [-0.1, -0.05) is 29.8 Å². The number of carbonyl (C=O) groups excluding carboxylic acids is 2. The van der Waals surface area contributed by atoms with Gasteiger partial charge in [0.2, 0.25) is 11.8 Å². The van der Waals surface area contributed by atoms with Crippen molar-refractivity contribution in [2.45, 2.75) is 19.4 Å². The fraction of sp³-hybridized carbons (Fsp3) is 0.304. The highest BCUT2D eigenvalue weighted by Crippen LogP contribution is 2.31. The summed E-state index contributed by atoms with van der Waals surface area (Å²) in [6.07, 6.45) is 3.71. The number of nitrogens with zero attached hydrogens (tertiary/aromatic N) is 2. The molecule has 0 aliphatic carbocycles. The first-order chi connectivity index (χ1) is 14.5. The van der Waals surface area contributed by atoms with Gasteiger partial charge in [0.25, 0.3) is 0 Å². The fourth-order valence-corrected chi connectivity index (χ4v) is 3.68. The lowest BCUT2D eigenvalue weighted by molar-refractivity contribution is -0.132. The highest BCUT2D eigenvalue weighted by atomic mass is 35.5. The zero-order valence-corrected chi connectivity index (χ0v) is 18.1. The van der Waals surface area contributed by atoms with Gasteiger partial charge in [0.15, 0.2) is 11.5 Å². The van der Waals surface area contributed by atoms with E-state index in [-0.39, 0.29) is 11.8 Å².